The van der Waals surface area contributed by atoms with Crippen LogP contribution in [0.3, 0.4) is 0 Å². The van der Waals surface area contributed by atoms with Crippen LogP contribution in [0, 0.1) is 11.8 Å². The molecule has 3 atom stereocenters. The Kier molecular flexibility index (Phi) is 5.27. The zero-order chi connectivity index (χ0) is 13.0. The molecular weight excluding hydrogens is 294 g/mol. The van der Waals surface area contributed by atoms with Crippen molar-refractivity contribution in [1.29, 1.82) is 0 Å². The maximum Gasteiger partial charge on any atom is 0.169 e. The van der Waals surface area contributed by atoms with Crippen molar-refractivity contribution in [2.75, 3.05) is 19.8 Å². The maximum absolute atomic E-state index is 5.76. The Morgan fingerprint density at radius 2 is 2.33 bits per heavy atom. The van der Waals surface area contributed by atoms with Gasteiger partial charge in [-0.05, 0) is 59.3 Å². The summed E-state index contributed by atoms with van der Waals surface area (Å²) >= 11 is 3.39. The Hall–Kier alpha value is -0.320. The summed E-state index contributed by atoms with van der Waals surface area (Å²) in [5.41, 5.74) is 0. The topological polar surface area (TPSA) is 34.4 Å². The van der Waals surface area contributed by atoms with Gasteiger partial charge in [0.2, 0.25) is 0 Å². The minimum Gasteiger partial charge on any atom is -0.453 e. The molecule has 0 spiro atoms. The van der Waals surface area contributed by atoms with Gasteiger partial charge in [-0.2, -0.15) is 0 Å². The molecule has 1 saturated heterocycles. The monoisotopic (exact) mass is 315 g/mol. The Labute approximate surface area is 117 Å². The quantitative estimate of drug-likeness (QED) is 0.898. The Morgan fingerprint density at radius 1 is 1.50 bits per heavy atom. The van der Waals surface area contributed by atoms with Crippen LogP contribution >= 0.6 is 15.9 Å². The highest BCUT2D eigenvalue weighted by molar-refractivity contribution is 9.10. The second kappa shape index (κ2) is 6.73. The van der Waals surface area contributed by atoms with Gasteiger partial charge in [-0.25, -0.2) is 0 Å². The first kappa shape index (κ1) is 14.1. The lowest BCUT2D eigenvalue weighted by molar-refractivity contribution is 0.00768. The zero-order valence-corrected chi connectivity index (χ0v) is 12.7. The average molecular weight is 316 g/mol. The van der Waals surface area contributed by atoms with E-state index in [0.717, 1.165) is 43.0 Å². The van der Waals surface area contributed by atoms with Crippen molar-refractivity contribution in [3.63, 3.8) is 0 Å². The molecule has 1 aliphatic rings. The van der Waals surface area contributed by atoms with Gasteiger partial charge in [0.25, 0.3) is 0 Å². The van der Waals surface area contributed by atoms with E-state index in [9.17, 15) is 0 Å². The van der Waals surface area contributed by atoms with Crippen LogP contribution in [-0.2, 0) is 4.74 Å². The predicted octanol–water partition coefficient (Wildman–Crippen LogP) is 3.76. The van der Waals surface area contributed by atoms with E-state index in [2.05, 4.69) is 41.2 Å². The molecule has 2 rings (SSSR count). The minimum atomic E-state index is 0.301. The summed E-state index contributed by atoms with van der Waals surface area (Å²) in [6, 6.07) is 4.34. The lowest BCUT2D eigenvalue weighted by atomic mass is 9.82. The molecule has 1 fully saturated rings. The van der Waals surface area contributed by atoms with E-state index < -0.39 is 0 Å². The number of ether oxygens (including phenoxy) is 1. The largest absolute Gasteiger partial charge is 0.453 e. The first-order valence-electron chi connectivity index (χ1n) is 6.78. The van der Waals surface area contributed by atoms with Crippen molar-refractivity contribution >= 4 is 15.9 Å². The molecule has 0 saturated carbocycles. The molecule has 1 aromatic rings. The van der Waals surface area contributed by atoms with Crippen LogP contribution in [0.5, 0.6) is 0 Å². The third-order valence-electron chi connectivity index (χ3n) is 3.65. The summed E-state index contributed by atoms with van der Waals surface area (Å²) in [5.74, 6) is 2.19. The first-order chi connectivity index (χ1) is 8.72. The van der Waals surface area contributed by atoms with E-state index in [0.29, 0.717) is 17.9 Å². The van der Waals surface area contributed by atoms with Crippen LogP contribution < -0.4 is 5.32 Å². The van der Waals surface area contributed by atoms with Crippen molar-refractivity contribution in [1.82, 2.24) is 5.32 Å². The van der Waals surface area contributed by atoms with E-state index in [4.69, 9.17) is 9.15 Å². The molecule has 1 aromatic heterocycles. The van der Waals surface area contributed by atoms with E-state index in [-0.39, 0.29) is 0 Å². The standard InChI is InChI=1S/C14H22BrNO2/c1-3-7-16-14(12-4-5-13(15)18-12)11-6-8-17-9-10(11)2/h4-5,10-11,14,16H,3,6-9H2,1-2H3. The average Bonchev–Trinajstić information content (AvgIpc) is 2.78. The lowest BCUT2D eigenvalue weighted by Gasteiger charge is -2.34. The summed E-state index contributed by atoms with van der Waals surface area (Å²) in [6.45, 7) is 7.20. The summed E-state index contributed by atoms with van der Waals surface area (Å²) < 4.78 is 12.1. The molecule has 0 radical (unpaired) electrons. The van der Waals surface area contributed by atoms with Gasteiger partial charge >= 0.3 is 0 Å². The fourth-order valence-electron chi connectivity index (χ4n) is 2.65. The highest BCUT2D eigenvalue weighted by Crippen LogP contribution is 2.35. The zero-order valence-electron chi connectivity index (χ0n) is 11.1. The third-order valence-corrected chi connectivity index (χ3v) is 4.08. The summed E-state index contributed by atoms with van der Waals surface area (Å²) in [5, 5.41) is 3.63. The summed E-state index contributed by atoms with van der Waals surface area (Å²) in [4.78, 5) is 0. The molecule has 0 aliphatic carbocycles. The van der Waals surface area contributed by atoms with Crippen LogP contribution in [0.25, 0.3) is 0 Å². The van der Waals surface area contributed by atoms with Crippen LogP contribution in [-0.4, -0.2) is 19.8 Å². The van der Waals surface area contributed by atoms with E-state index in [1.54, 1.807) is 0 Å². The van der Waals surface area contributed by atoms with Gasteiger partial charge in [0.15, 0.2) is 4.67 Å². The van der Waals surface area contributed by atoms with E-state index in [1.165, 1.54) is 0 Å². The lowest BCUT2D eigenvalue weighted by Crippen LogP contribution is -2.37. The highest BCUT2D eigenvalue weighted by atomic mass is 79.9. The molecule has 2 heterocycles. The third kappa shape index (κ3) is 3.37. The molecule has 0 aromatic carbocycles. The minimum absolute atomic E-state index is 0.301. The molecule has 3 nitrogen and oxygen atoms in total. The SMILES string of the molecule is CCCNC(c1ccc(Br)o1)C1CCOCC1C. The molecule has 3 unspecified atom stereocenters. The number of halogens is 1. The fraction of sp³-hybridized carbons (Fsp3) is 0.714. The van der Waals surface area contributed by atoms with Gasteiger partial charge in [-0.3, -0.25) is 0 Å². The normalized spacial score (nSPS) is 26.2. The fourth-order valence-corrected chi connectivity index (χ4v) is 2.97. The van der Waals surface area contributed by atoms with Crippen LogP contribution in [0.1, 0.15) is 38.5 Å². The van der Waals surface area contributed by atoms with Gasteiger partial charge in [0.1, 0.15) is 5.76 Å². The molecular formula is C14H22BrNO2. The highest BCUT2D eigenvalue weighted by Gasteiger charge is 2.32. The smallest absolute Gasteiger partial charge is 0.169 e. The number of hydrogen-bond acceptors (Lipinski definition) is 3. The molecule has 0 bridgehead atoms. The van der Waals surface area contributed by atoms with Gasteiger partial charge < -0.3 is 14.5 Å². The predicted molar refractivity (Wildman–Crippen MR) is 75.5 cm³/mol. The Morgan fingerprint density at radius 3 is 2.94 bits per heavy atom. The summed E-state index contributed by atoms with van der Waals surface area (Å²) in [7, 11) is 0. The molecule has 102 valence electrons. The molecule has 4 heteroatoms. The number of nitrogens with one attached hydrogen (secondary N) is 1. The van der Waals surface area contributed by atoms with Gasteiger partial charge in [0, 0.05) is 13.2 Å². The second-order valence-corrected chi connectivity index (χ2v) is 5.86. The van der Waals surface area contributed by atoms with E-state index in [1.807, 2.05) is 6.07 Å². The summed E-state index contributed by atoms with van der Waals surface area (Å²) in [6.07, 6.45) is 2.23. The number of rotatable bonds is 5. The van der Waals surface area contributed by atoms with Crippen LogP contribution in [0.2, 0.25) is 0 Å². The molecule has 1 N–H and O–H groups in total. The van der Waals surface area contributed by atoms with Crippen molar-refractivity contribution in [3.05, 3.63) is 22.6 Å². The van der Waals surface area contributed by atoms with Crippen molar-refractivity contribution < 1.29 is 9.15 Å². The number of furan rings is 1. The first-order valence-corrected chi connectivity index (χ1v) is 7.58. The maximum atomic E-state index is 5.76. The molecule has 1 aliphatic heterocycles. The van der Waals surface area contributed by atoms with Crippen LogP contribution in [0.15, 0.2) is 21.2 Å². The Bertz CT molecular complexity index is 366. The van der Waals surface area contributed by atoms with Gasteiger partial charge in [-0.1, -0.05) is 13.8 Å². The second-order valence-electron chi connectivity index (χ2n) is 5.08. The Balaban J connectivity index is 2.13. The van der Waals surface area contributed by atoms with Gasteiger partial charge in [0.05, 0.1) is 6.04 Å². The van der Waals surface area contributed by atoms with Crippen LogP contribution in [0.4, 0.5) is 0 Å². The molecule has 18 heavy (non-hydrogen) atoms. The van der Waals surface area contributed by atoms with Crippen molar-refractivity contribution in [3.8, 4) is 0 Å². The van der Waals surface area contributed by atoms with E-state index >= 15 is 0 Å². The van der Waals surface area contributed by atoms with Crippen molar-refractivity contribution in [2.24, 2.45) is 11.8 Å². The van der Waals surface area contributed by atoms with Gasteiger partial charge in [-0.15, -0.1) is 0 Å². The molecule has 0 amide bonds. The number of hydrogen-bond donors (Lipinski definition) is 1. The van der Waals surface area contributed by atoms with Crippen molar-refractivity contribution in [2.45, 2.75) is 32.7 Å².